The highest BCUT2D eigenvalue weighted by atomic mass is 16.5. The molecule has 17 heavy (non-hydrogen) atoms. The van der Waals surface area contributed by atoms with E-state index in [4.69, 9.17) is 9.47 Å². The second-order valence-corrected chi connectivity index (χ2v) is 5.69. The Kier molecular flexibility index (Phi) is 7.09. The molecule has 102 valence electrons. The van der Waals surface area contributed by atoms with Crippen LogP contribution in [0, 0.1) is 11.3 Å². The van der Waals surface area contributed by atoms with Gasteiger partial charge in [-0.1, -0.05) is 13.8 Å². The Bertz CT molecular complexity index is 183. The van der Waals surface area contributed by atoms with Crippen molar-refractivity contribution < 1.29 is 9.47 Å². The van der Waals surface area contributed by atoms with Crippen molar-refractivity contribution in [2.24, 2.45) is 11.3 Å². The minimum absolute atomic E-state index is 0.408. The first-order chi connectivity index (χ1) is 8.18. The maximum Gasteiger partial charge on any atom is 0.0471 e. The van der Waals surface area contributed by atoms with E-state index >= 15 is 0 Å². The Balaban J connectivity index is 2.20. The van der Waals surface area contributed by atoms with Crippen molar-refractivity contribution in [1.82, 2.24) is 5.32 Å². The summed E-state index contributed by atoms with van der Waals surface area (Å²) in [6, 6.07) is 0. The van der Waals surface area contributed by atoms with Gasteiger partial charge >= 0.3 is 0 Å². The summed E-state index contributed by atoms with van der Waals surface area (Å²) in [5.74, 6) is 0.740. The monoisotopic (exact) mass is 243 g/mol. The van der Waals surface area contributed by atoms with Crippen LogP contribution in [0.3, 0.4) is 0 Å². The first-order valence-corrected chi connectivity index (χ1v) is 6.99. The summed E-state index contributed by atoms with van der Waals surface area (Å²) in [6.07, 6.45) is 4.67. The van der Waals surface area contributed by atoms with Gasteiger partial charge in [0.05, 0.1) is 0 Å². The van der Waals surface area contributed by atoms with Crippen LogP contribution in [0.1, 0.15) is 39.5 Å². The van der Waals surface area contributed by atoms with Gasteiger partial charge in [0.1, 0.15) is 0 Å². The summed E-state index contributed by atoms with van der Waals surface area (Å²) in [7, 11) is 2.04. The molecular formula is C14H29NO2. The second-order valence-electron chi connectivity index (χ2n) is 5.69. The third-order valence-electron chi connectivity index (χ3n) is 3.72. The number of rotatable bonds is 8. The van der Waals surface area contributed by atoms with E-state index in [0.29, 0.717) is 5.41 Å². The lowest BCUT2D eigenvalue weighted by Gasteiger charge is -2.37. The summed E-state index contributed by atoms with van der Waals surface area (Å²) in [5, 5.41) is 3.33. The highest BCUT2D eigenvalue weighted by Crippen LogP contribution is 2.33. The molecule has 1 fully saturated rings. The molecule has 0 atom stereocenters. The molecule has 0 aromatic rings. The van der Waals surface area contributed by atoms with E-state index in [1.165, 1.54) is 19.3 Å². The first-order valence-electron chi connectivity index (χ1n) is 6.99. The van der Waals surface area contributed by atoms with Crippen molar-refractivity contribution in [3.63, 3.8) is 0 Å². The van der Waals surface area contributed by atoms with Gasteiger partial charge in [-0.3, -0.25) is 0 Å². The summed E-state index contributed by atoms with van der Waals surface area (Å²) in [6.45, 7) is 9.19. The Morgan fingerprint density at radius 3 is 2.53 bits per heavy atom. The smallest absolute Gasteiger partial charge is 0.0471 e. The molecule has 1 aliphatic rings. The molecule has 0 bridgehead atoms. The molecule has 1 N–H and O–H groups in total. The van der Waals surface area contributed by atoms with Crippen molar-refractivity contribution in [2.75, 3.05) is 40.0 Å². The Morgan fingerprint density at radius 2 is 1.94 bits per heavy atom. The predicted molar refractivity (Wildman–Crippen MR) is 71.3 cm³/mol. The van der Waals surface area contributed by atoms with Gasteiger partial charge in [0.2, 0.25) is 0 Å². The summed E-state index contributed by atoms with van der Waals surface area (Å²) >= 11 is 0. The molecule has 0 unspecified atom stereocenters. The van der Waals surface area contributed by atoms with E-state index in [-0.39, 0.29) is 0 Å². The van der Waals surface area contributed by atoms with Crippen LogP contribution in [0.15, 0.2) is 0 Å². The maximum absolute atomic E-state index is 5.75. The lowest BCUT2D eigenvalue weighted by Crippen LogP contribution is -2.39. The molecule has 1 aliphatic heterocycles. The number of ether oxygens (including phenoxy) is 2. The zero-order valence-electron chi connectivity index (χ0n) is 11.8. The van der Waals surface area contributed by atoms with Crippen LogP contribution < -0.4 is 5.32 Å². The molecule has 0 amide bonds. The van der Waals surface area contributed by atoms with Crippen LogP contribution in [0.25, 0.3) is 0 Å². The zero-order valence-corrected chi connectivity index (χ0v) is 11.8. The number of hydrogen-bond donors (Lipinski definition) is 1. The van der Waals surface area contributed by atoms with Gasteiger partial charge in [-0.2, -0.15) is 0 Å². The van der Waals surface area contributed by atoms with Crippen molar-refractivity contribution in [2.45, 2.75) is 39.5 Å². The summed E-state index contributed by atoms with van der Waals surface area (Å²) < 4.78 is 11.2. The number of hydrogen-bond acceptors (Lipinski definition) is 3. The van der Waals surface area contributed by atoms with Crippen LogP contribution in [0.4, 0.5) is 0 Å². The van der Waals surface area contributed by atoms with Crippen molar-refractivity contribution in [3.05, 3.63) is 0 Å². The molecule has 1 saturated heterocycles. The quantitative estimate of drug-likeness (QED) is 0.664. The van der Waals surface area contributed by atoms with Gasteiger partial charge < -0.3 is 14.8 Å². The van der Waals surface area contributed by atoms with E-state index < -0.39 is 0 Å². The van der Waals surface area contributed by atoms with E-state index in [1.54, 1.807) is 0 Å². The lowest BCUT2D eigenvalue weighted by molar-refractivity contribution is -0.00614. The van der Waals surface area contributed by atoms with E-state index in [9.17, 15) is 0 Å². The minimum Gasteiger partial charge on any atom is -0.381 e. The Hall–Kier alpha value is -0.120. The molecule has 0 radical (unpaired) electrons. The molecule has 1 rings (SSSR count). The van der Waals surface area contributed by atoms with E-state index in [1.807, 2.05) is 7.05 Å². The molecule has 0 saturated carbocycles. The lowest BCUT2D eigenvalue weighted by atomic mass is 9.77. The second kappa shape index (κ2) is 8.06. The van der Waals surface area contributed by atoms with Crippen molar-refractivity contribution in [1.29, 1.82) is 0 Å². The highest BCUT2D eigenvalue weighted by molar-refractivity contribution is 4.83. The molecule has 1 heterocycles. The van der Waals surface area contributed by atoms with Gasteiger partial charge in [-0.15, -0.1) is 0 Å². The first kappa shape index (κ1) is 14.9. The van der Waals surface area contributed by atoms with Crippen LogP contribution >= 0.6 is 0 Å². The van der Waals surface area contributed by atoms with Gasteiger partial charge in [0, 0.05) is 33.0 Å². The summed E-state index contributed by atoms with van der Waals surface area (Å²) in [5.41, 5.74) is 0.408. The fraction of sp³-hybridized carbons (Fsp3) is 1.00. The Morgan fingerprint density at radius 1 is 1.24 bits per heavy atom. The topological polar surface area (TPSA) is 30.5 Å². The molecular weight excluding hydrogens is 214 g/mol. The van der Waals surface area contributed by atoms with E-state index in [2.05, 4.69) is 19.2 Å². The van der Waals surface area contributed by atoms with Gasteiger partial charge in [0.25, 0.3) is 0 Å². The zero-order chi connectivity index (χ0) is 12.6. The van der Waals surface area contributed by atoms with Crippen LogP contribution in [0.5, 0.6) is 0 Å². The van der Waals surface area contributed by atoms with Gasteiger partial charge in [-0.05, 0) is 44.1 Å². The molecule has 3 nitrogen and oxygen atoms in total. The fourth-order valence-electron chi connectivity index (χ4n) is 2.40. The molecule has 0 aromatic carbocycles. The normalized spacial score (nSPS) is 19.8. The van der Waals surface area contributed by atoms with Crippen molar-refractivity contribution >= 4 is 0 Å². The highest BCUT2D eigenvalue weighted by Gasteiger charge is 2.31. The van der Waals surface area contributed by atoms with Gasteiger partial charge in [-0.25, -0.2) is 0 Å². The fourth-order valence-corrected chi connectivity index (χ4v) is 2.40. The van der Waals surface area contributed by atoms with Crippen molar-refractivity contribution in [3.8, 4) is 0 Å². The van der Waals surface area contributed by atoms with Crippen LogP contribution in [-0.2, 0) is 9.47 Å². The van der Waals surface area contributed by atoms with E-state index in [0.717, 1.165) is 45.3 Å². The summed E-state index contributed by atoms with van der Waals surface area (Å²) in [4.78, 5) is 0. The Labute approximate surface area is 106 Å². The van der Waals surface area contributed by atoms with Crippen LogP contribution in [-0.4, -0.2) is 40.0 Å². The third-order valence-corrected chi connectivity index (χ3v) is 3.72. The standard InChI is InChI=1S/C14H29NO2/c1-13(2)4-8-16-9-5-14(12-15-3)6-10-17-11-7-14/h13,15H,4-12H2,1-3H3. The minimum atomic E-state index is 0.408. The number of nitrogens with one attached hydrogen (secondary N) is 1. The predicted octanol–water partition coefficient (Wildman–Crippen LogP) is 2.46. The molecule has 0 spiro atoms. The molecule has 3 heteroatoms. The molecule has 0 aliphatic carbocycles. The third kappa shape index (κ3) is 5.84. The van der Waals surface area contributed by atoms with Gasteiger partial charge in [0.15, 0.2) is 0 Å². The maximum atomic E-state index is 5.75. The molecule has 0 aromatic heterocycles. The SMILES string of the molecule is CNCC1(CCOCCC(C)C)CCOCC1. The van der Waals surface area contributed by atoms with Crippen LogP contribution in [0.2, 0.25) is 0 Å². The average Bonchev–Trinajstić information content (AvgIpc) is 2.30. The average molecular weight is 243 g/mol. The largest absolute Gasteiger partial charge is 0.381 e.